The molecule has 32 heavy (non-hydrogen) atoms. The van der Waals surface area contributed by atoms with Gasteiger partial charge in [-0.25, -0.2) is 4.79 Å². The van der Waals surface area contributed by atoms with E-state index in [0.717, 1.165) is 5.56 Å². The van der Waals surface area contributed by atoms with E-state index in [-0.39, 0.29) is 12.3 Å². The minimum Gasteiger partial charge on any atom is -0.548 e. The molecule has 0 aliphatic carbocycles. The fourth-order valence-corrected chi connectivity index (χ4v) is 3.31. The van der Waals surface area contributed by atoms with Gasteiger partial charge in [-0.3, -0.25) is 4.79 Å². The first-order valence-corrected chi connectivity index (χ1v) is 10.1. The van der Waals surface area contributed by atoms with Crippen LogP contribution in [0.2, 0.25) is 0 Å². The zero-order chi connectivity index (χ0) is 23.3. The number of rotatable bonds is 9. The van der Waals surface area contributed by atoms with Crippen molar-refractivity contribution in [2.24, 2.45) is 5.92 Å². The van der Waals surface area contributed by atoms with Crippen molar-refractivity contribution in [1.29, 1.82) is 0 Å². The number of nitrogens with one attached hydrogen (secondary N) is 1. The van der Waals surface area contributed by atoms with Gasteiger partial charge in [0.2, 0.25) is 0 Å². The molecule has 3 aromatic rings. The number of carboxylic acids is 1. The zero-order valence-corrected chi connectivity index (χ0v) is 18.0. The Morgan fingerprint density at radius 2 is 1.75 bits per heavy atom. The topological polar surface area (TPSA) is 118 Å². The van der Waals surface area contributed by atoms with Crippen molar-refractivity contribution in [2.45, 2.75) is 26.3 Å². The van der Waals surface area contributed by atoms with Gasteiger partial charge in [0.25, 0.3) is 5.91 Å². The van der Waals surface area contributed by atoms with Crippen LogP contribution < -0.4 is 25.5 Å². The van der Waals surface area contributed by atoms with E-state index in [1.165, 1.54) is 12.1 Å². The Kier molecular flexibility index (Phi) is 7.14. The number of amides is 1. The highest BCUT2D eigenvalue weighted by atomic mass is 16.5. The highest BCUT2D eigenvalue weighted by molar-refractivity contribution is 5.94. The summed E-state index contributed by atoms with van der Waals surface area (Å²) in [7, 11) is 1.58. The molecule has 0 aliphatic rings. The van der Waals surface area contributed by atoms with Gasteiger partial charge in [-0.15, -0.1) is 0 Å². The van der Waals surface area contributed by atoms with Crippen molar-refractivity contribution in [3.8, 4) is 22.6 Å². The van der Waals surface area contributed by atoms with E-state index in [1.54, 1.807) is 31.4 Å². The summed E-state index contributed by atoms with van der Waals surface area (Å²) >= 11 is 0. The zero-order valence-electron chi connectivity index (χ0n) is 18.0. The van der Waals surface area contributed by atoms with Crippen LogP contribution in [0.3, 0.4) is 0 Å². The molecule has 0 radical (unpaired) electrons. The first-order valence-electron chi connectivity index (χ1n) is 10.1. The second-order valence-electron chi connectivity index (χ2n) is 7.72. The van der Waals surface area contributed by atoms with E-state index in [2.05, 4.69) is 5.32 Å². The van der Waals surface area contributed by atoms with E-state index in [4.69, 9.17) is 13.9 Å². The van der Waals surface area contributed by atoms with Gasteiger partial charge in [-0.2, -0.15) is 0 Å². The maximum Gasteiger partial charge on any atom is 0.336 e. The largest absolute Gasteiger partial charge is 0.548 e. The van der Waals surface area contributed by atoms with Crippen molar-refractivity contribution in [3.63, 3.8) is 0 Å². The van der Waals surface area contributed by atoms with Crippen LogP contribution in [-0.2, 0) is 9.59 Å². The molecule has 1 N–H and O–H groups in total. The highest BCUT2D eigenvalue weighted by Gasteiger charge is 2.16. The van der Waals surface area contributed by atoms with Crippen LogP contribution in [-0.4, -0.2) is 31.6 Å². The van der Waals surface area contributed by atoms with Crippen LogP contribution in [0.15, 0.2) is 57.7 Å². The van der Waals surface area contributed by atoms with Gasteiger partial charge in [-0.1, -0.05) is 26.0 Å². The number of carbonyl (C=O) groups excluding carboxylic acids is 2. The summed E-state index contributed by atoms with van der Waals surface area (Å²) in [4.78, 5) is 35.4. The number of carboxylic acid groups (broad SMARTS) is 1. The van der Waals surface area contributed by atoms with Crippen LogP contribution >= 0.6 is 0 Å². The van der Waals surface area contributed by atoms with Gasteiger partial charge >= 0.3 is 5.63 Å². The molecule has 1 aromatic heterocycles. The van der Waals surface area contributed by atoms with E-state index >= 15 is 0 Å². The van der Waals surface area contributed by atoms with E-state index in [0.29, 0.717) is 28.0 Å². The summed E-state index contributed by atoms with van der Waals surface area (Å²) in [6.07, 6.45) is 0.253. The number of ether oxygens (including phenoxy) is 2. The molecule has 1 atom stereocenters. The fourth-order valence-electron chi connectivity index (χ4n) is 3.31. The molecule has 3 rings (SSSR count). The van der Waals surface area contributed by atoms with Crippen LogP contribution in [0.1, 0.15) is 20.3 Å². The van der Waals surface area contributed by atoms with Gasteiger partial charge in [0.15, 0.2) is 6.61 Å². The van der Waals surface area contributed by atoms with E-state index in [1.807, 2.05) is 26.0 Å². The first-order chi connectivity index (χ1) is 15.3. The van der Waals surface area contributed by atoms with Gasteiger partial charge < -0.3 is 29.1 Å². The number of hydrogen-bond donors (Lipinski definition) is 1. The Morgan fingerprint density at radius 1 is 1.06 bits per heavy atom. The van der Waals surface area contributed by atoms with Crippen LogP contribution in [0.25, 0.3) is 22.1 Å². The number of hydrogen-bond acceptors (Lipinski definition) is 7. The molecule has 2 aromatic carbocycles. The Labute approximate surface area is 184 Å². The summed E-state index contributed by atoms with van der Waals surface area (Å²) in [5.74, 6) is -0.859. The van der Waals surface area contributed by atoms with Crippen LogP contribution in [0, 0.1) is 5.92 Å². The number of aliphatic carboxylic acids is 1. The second-order valence-corrected chi connectivity index (χ2v) is 7.72. The molecule has 0 unspecified atom stereocenters. The molecule has 8 nitrogen and oxygen atoms in total. The molecule has 1 heterocycles. The lowest BCUT2D eigenvalue weighted by atomic mass is 10.0. The number of benzene rings is 2. The van der Waals surface area contributed by atoms with Crippen molar-refractivity contribution in [1.82, 2.24) is 5.32 Å². The smallest absolute Gasteiger partial charge is 0.336 e. The molecule has 168 valence electrons. The summed E-state index contributed by atoms with van der Waals surface area (Å²) in [6, 6.07) is 12.5. The molecule has 0 aliphatic heterocycles. The number of carbonyl (C=O) groups is 2. The van der Waals surface area contributed by atoms with Gasteiger partial charge in [0.1, 0.15) is 17.1 Å². The highest BCUT2D eigenvalue weighted by Crippen LogP contribution is 2.30. The third-order valence-corrected chi connectivity index (χ3v) is 4.81. The second kappa shape index (κ2) is 10.00. The Hall–Kier alpha value is -3.81. The molecule has 0 saturated heterocycles. The summed E-state index contributed by atoms with van der Waals surface area (Å²) in [6.45, 7) is 3.30. The normalized spacial score (nSPS) is 11.9. The molecule has 0 fully saturated rings. The Bertz CT molecular complexity index is 1170. The van der Waals surface area contributed by atoms with E-state index in [9.17, 15) is 19.5 Å². The van der Waals surface area contributed by atoms with Gasteiger partial charge in [-0.05, 0) is 47.7 Å². The monoisotopic (exact) mass is 438 g/mol. The molecule has 8 heteroatoms. The quantitative estimate of drug-likeness (QED) is 0.509. The van der Waals surface area contributed by atoms with Gasteiger partial charge in [0, 0.05) is 17.5 Å². The Balaban J connectivity index is 1.77. The SMILES string of the molecule is COc1ccc(-c2cc(=O)oc3cc(OCC(=O)N[C@@H](CC(C)C)C(=O)[O-])ccc23)cc1. The van der Waals surface area contributed by atoms with Gasteiger partial charge in [0.05, 0.1) is 19.1 Å². The average molecular weight is 438 g/mol. The number of fused-ring (bicyclic) bond motifs is 1. The third-order valence-electron chi connectivity index (χ3n) is 4.81. The molecular formula is C24H24NO7-. The van der Waals surface area contributed by atoms with E-state index < -0.39 is 30.2 Å². The van der Waals surface area contributed by atoms with Crippen molar-refractivity contribution >= 4 is 22.8 Å². The minimum atomic E-state index is -1.34. The first kappa shape index (κ1) is 22.9. The average Bonchev–Trinajstić information content (AvgIpc) is 2.76. The summed E-state index contributed by atoms with van der Waals surface area (Å²) < 4.78 is 16.0. The van der Waals surface area contributed by atoms with Crippen molar-refractivity contribution in [3.05, 3.63) is 59.0 Å². The minimum absolute atomic E-state index is 0.0717. The lowest BCUT2D eigenvalue weighted by Crippen LogP contribution is -2.49. The maximum atomic E-state index is 12.1. The van der Waals surface area contributed by atoms with Crippen LogP contribution in [0.5, 0.6) is 11.5 Å². The molecular weight excluding hydrogens is 414 g/mol. The van der Waals surface area contributed by atoms with Crippen molar-refractivity contribution < 1.29 is 28.6 Å². The maximum absolute atomic E-state index is 12.1. The molecule has 0 bridgehead atoms. The third kappa shape index (κ3) is 5.66. The predicted octanol–water partition coefficient (Wildman–Crippen LogP) is 2.13. The fraction of sp³-hybridized carbons (Fsp3) is 0.292. The summed E-state index contributed by atoms with van der Waals surface area (Å²) in [5.41, 5.74) is 1.28. The van der Waals surface area contributed by atoms with Crippen molar-refractivity contribution in [2.75, 3.05) is 13.7 Å². The Morgan fingerprint density at radius 3 is 2.38 bits per heavy atom. The standard InChI is InChI=1S/C24H25NO7/c1-14(2)10-20(24(28)29)25-22(26)13-31-17-8-9-18-19(12-23(27)32-21(18)11-17)15-4-6-16(30-3)7-5-15/h4-9,11-12,14,20H,10,13H2,1-3H3,(H,25,26)(H,28,29)/p-1/t20-/m0/s1. The summed E-state index contributed by atoms with van der Waals surface area (Å²) in [5, 5.41) is 14.3. The number of methoxy groups -OCH3 is 1. The lowest BCUT2D eigenvalue weighted by molar-refractivity contribution is -0.308. The van der Waals surface area contributed by atoms with Crippen LogP contribution in [0.4, 0.5) is 0 Å². The molecule has 0 saturated carbocycles. The lowest BCUT2D eigenvalue weighted by Gasteiger charge is -2.21. The molecule has 1 amide bonds. The molecule has 0 spiro atoms. The predicted molar refractivity (Wildman–Crippen MR) is 116 cm³/mol.